The molecule has 0 aromatic carbocycles. The Morgan fingerprint density at radius 2 is 2.21 bits per heavy atom. The SMILES string of the molecule is O=[N+]([O-])N=NCN1CCN(Cc2ccc(Cl)nc2)C1. The summed E-state index contributed by atoms with van der Waals surface area (Å²) >= 11 is 5.72. The van der Waals surface area contributed by atoms with E-state index < -0.39 is 5.03 Å². The lowest BCUT2D eigenvalue weighted by atomic mass is 10.3. The molecule has 0 radical (unpaired) electrons. The van der Waals surface area contributed by atoms with Gasteiger partial charge in [-0.2, -0.15) is 0 Å². The molecule has 0 spiro atoms. The lowest BCUT2D eigenvalue weighted by molar-refractivity contribution is -0.494. The summed E-state index contributed by atoms with van der Waals surface area (Å²) in [6.45, 7) is 3.43. The molecular weight excluding hydrogens is 272 g/mol. The quantitative estimate of drug-likeness (QED) is 0.353. The van der Waals surface area contributed by atoms with E-state index in [0.29, 0.717) is 11.8 Å². The van der Waals surface area contributed by atoms with Gasteiger partial charge in [0.05, 0.1) is 16.8 Å². The zero-order valence-corrected chi connectivity index (χ0v) is 10.9. The average Bonchev–Trinajstić information content (AvgIpc) is 2.79. The standard InChI is InChI=1S/C10H13ClN6O2/c11-10-2-1-9(5-12-10)6-15-3-4-16(8-15)7-13-14-17(18)19/h1-2,5H,3-4,6-8H2. The highest BCUT2D eigenvalue weighted by Crippen LogP contribution is 2.11. The molecule has 1 aromatic heterocycles. The fourth-order valence-corrected chi connectivity index (χ4v) is 1.99. The van der Waals surface area contributed by atoms with Crippen molar-refractivity contribution in [3.05, 3.63) is 39.2 Å². The molecule has 0 atom stereocenters. The monoisotopic (exact) mass is 284 g/mol. The van der Waals surface area contributed by atoms with Crippen molar-refractivity contribution < 1.29 is 5.03 Å². The molecular formula is C10H13ClN6O2. The summed E-state index contributed by atoms with van der Waals surface area (Å²) in [5, 5.41) is 16.1. The Kier molecular flexibility index (Phi) is 4.72. The molecule has 2 rings (SSSR count). The fourth-order valence-electron chi connectivity index (χ4n) is 1.88. The van der Waals surface area contributed by atoms with Crippen LogP contribution in [-0.4, -0.2) is 46.2 Å². The van der Waals surface area contributed by atoms with Gasteiger partial charge in [-0.25, -0.2) is 9.88 Å². The van der Waals surface area contributed by atoms with Gasteiger partial charge in [0.1, 0.15) is 5.15 Å². The van der Waals surface area contributed by atoms with Gasteiger partial charge >= 0.3 is 0 Å². The second kappa shape index (κ2) is 6.50. The number of pyridine rings is 1. The summed E-state index contributed by atoms with van der Waals surface area (Å²) in [5.74, 6) is 0. The van der Waals surface area contributed by atoms with Crippen LogP contribution in [0, 0.1) is 10.1 Å². The van der Waals surface area contributed by atoms with Crippen LogP contribution in [-0.2, 0) is 6.54 Å². The molecule has 2 heterocycles. The van der Waals surface area contributed by atoms with E-state index in [0.717, 1.165) is 25.2 Å². The summed E-state index contributed by atoms with van der Waals surface area (Å²) in [6.07, 6.45) is 1.75. The second-order valence-corrected chi connectivity index (χ2v) is 4.57. The van der Waals surface area contributed by atoms with Crippen LogP contribution in [0.4, 0.5) is 0 Å². The molecule has 8 nitrogen and oxygen atoms in total. The topological polar surface area (TPSA) is 87.2 Å². The second-order valence-electron chi connectivity index (χ2n) is 4.19. The Morgan fingerprint density at radius 3 is 2.89 bits per heavy atom. The molecule has 0 bridgehead atoms. The molecule has 0 amide bonds. The van der Waals surface area contributed by atoms with E-state index in [2.05, 4.69) is 20.2 Å². The van der Waals surface area contributed by atoms with E-state index in [1.165, 1.54) is 0 Å². The minimum Gasteiger partial charge on any atom is -0.337 e. The summed E-state index contributed by atoms with van der Waals surface area (Å²) in [6, 6.07) is 3.69. The third-order valence-corrected chi connectivity index (χ3v) is 2.95. The third-order valence-electron chi connectivity index (χ3n) is 2.73. The van der Waals surface area contributed by atoms with Crippen molar-refractivity contribution in [1.29, 1.82) is 0 Å². The predicted molar refractivity (Wildman–Crippen MR) is 67.9 cm³/mol. The van der Waals surface area contributed by atoms with E-state index in [4.69, 9.17) is 11.6 Å². The van der Waals surface area contributed by atoms with Crippen molar-refractivity contribution in [2.45, 2.75) is 6.54 Å². The number of nitro groups is 1. The first-order valence-corrected chi connectivity index (χ1v) is 6.08. The molecule has 102 valence electrons. The highest BCUT2D eigenvalue weighted by atomic mass is 35.5. The minimum absolute atomic E-state index is 0.246. The van der Waals surface area contributed by atoms with E-state index in [9.17, 15) is 10.1 Å². The summed E-state index contributed by atoms with van der Waals surface area (Å²) in [7, 11) is 0. The van der Waals surface area contributed by atoms with Crippen LogP contribution in [0.5, 0.6) is 0 Å². The molecule has 1 aliphatic heterocycles. The van der Waals surface area contributed by atoms with Gasteiger partial charge in [0.2, 0.25) is 6.67 Å². The van der Waals surface area contributed by atoms with Gasteiger partial charge < -0.3 is 10.1 Å². The summed E-state index contributed by atoms with van der Waals surface area (Å²) < 4.78 is 0. The van der Waals surface area contributed by atoms with Gasteiger partial charge in [0.25, 0.3) is 0 Å². The molecule has 0 aliphatic carbocycles. The van der Waals surface area contributed by atoms with Crippen LogP contribution in [0.3, 0.4) is 0 Å². The summed E-state index contributed by atoms with van der Waals surface area (Å²) in [5.41, 5.74) is 1.08. The molecule has 0 N–H and O–H groups in total. The van der Waals surface area contributed by atoms with E-state index in [1.807, 2.05) is 11.0 Å². The van der Waals surface area contributed by atoms with Gasteiger partial charge in [-0.3, -0.25) is 4.90 Å². The molecule has 1 fully saturated rings. The summed E-state index contributed by atoms with van der Waals surface area (Å²) in [4.78, 5) is 18.2. The molecule has 9 heteroatoms. The third kappa shape index (κ3) is 4.51. The Balaban J connectivity index is 1.78. The zero-order chi connectivity index (χ0) is 13.7. The number of hydrogen-bond donors (Lipinski definition) is 0. The van der Waals surface area contributed by atoms with E-state index in [1.54, 1.807) is 12.3 Å². The Hall–Kier alpha value is -1.64. The maximum atomic E-state index is 10.0. The molecule has 1 saturated heterocycles. The first-order chi connectivity index (χ1) is 9.13. The van der Waals surface area contributed by atoms with Crippen LogP contribution in [0.15, 0.2) is 28.7 Å². The maximum Gasteiger partial charge on any atom is 0.212 e. The smallest absolute Gasteiger partial charge is 0.212 e. The van der Waals surface area contributed by atoms with Crippen molar-refractivity contribution in [2.24, 2.45) is 10.3 Å². The molecule has 0 unspecified atom stereocenters. The average molecular weight is 285 g/mol. The predicted octanol–water partition coefficient (Wildman–Crippen LogP) is 1.41. The number of nitrogens with zero attached hydrogens (tertiary/aromatic N) is 6. The molecule has 0 saturated carbocycles. The number of halogens is 1. The van der Waals surface area contributed by atoms with Crippen LogP contribution >= 0.6 is 11.6 Å². The van der Waals surface area contributed by atoms with Crippen LogP contribution in [0.2, 0.25) is 5.15 Å². The molecule has 1 aliphatic rings. The van der Waals surface area contributed by atoms with E-state index in [-0.39, 0.29) is 6.67 Å². The van der Waals surface area contributed by atoms with Crippen molar-refractivity contribution in [1.82, 2.24) is 14.8 Å². The van der Waals surface area contributed by atoms with Crippen molar-refractivity contribution in [3.63, 3.8) is 0 Å². The van der Waals surface area contributed by atoms with E-state index >= 15 is 0 Å². The van der Waals surface area contributed by atoms with Crippen molar-refractivity contribution >= 4 is 11.6 Å². The van der Waals surface area contributed by atoms with Gasteiger partial charge in [-0.1, -0.05) is 17.7 Å². The normalized spacial score (nSPS) is 17.3. The highest BCUT2D eigenvalue weighted by Gasteiger charge is 2.21. The van der Waals surface area contributed by atoms with Crippen LogP contribution < -0.4 is 0 Å². The van der Waals surface area contributed by atoms with Crippen molar-refractivity contribution in [3.8, 4) is 0 Å². The Morgan fingerprint density at radius 1 is 1.42 bits per heavy atom. The zero-order valence-electron chi connectivity index (χ0n) is 10.1. The largest absolute Gasteiger partial charge is 0.337 e. The molecule has 1 aromatic rings. The number of rotatable bonds is 5. The van der Waals surface area contributed by atoms with Gasteiger partial charge in [0.15, 0.2) is 5.22 Å². The van der Waals surface area contributed by atoms with Gasteiger partial charge in [-0.05, 0) is 11.6 Å². The number of hydrogen-bond acceptors (Lipinski definition) is 6. The lowest BCUT2D eigenvalue weighted by Gasteiger charge is -2.15. The van der Waals surface area contributed by atoms with Crippen LogP contribution in [0.1, 0.15) is 5.56 Å². The van der Waals surface area contributed by atoms with Crippen LogP contribution in [0.25, 0.3) is 0 Å². The minimum atomic E-state index is -0.798. The fraction of sp³-hybridized carbons (Fsp3) is 0.500. The Labute approximate surface area is 114 Å². The molecule has 19 heavy (non-hydrogen) atoms. The lowest BCUT2D eigenvalue weighted by Crippen LogP contribution is -2.25. The highest BCUT2D eigenvalue weighted by molar-refractivity contribution is 6.29. The van der Waals surface area contributed by atoms with Gasteiger partial charge in [-0.15, -0.1) is 0 Å². The van der Waals surface area contributed by atoms with Gasteiger partial charge in [0, 0.05) is 25.8 Å². The first-order valence-electron chi connectivity index (χ1n) is 5.70. The maximum absolute atomic E-state index is 10.0. The Bertz CT molecular complexity index is 466. The first kappa shape index (κ1) is 13.8. The number of aromatic nitrogens is 1. The van der Waals surface area contributed by atoms with Crippen molar-refractivity contribution in [2.75, 3.05) is 26.4 Å².